The lowest BCUT2D eigenvalue weighted by molar-refractivity contribution is 0.628. The van der Waals surface area contributed by atoms with Crippen LogP contribution in [0.5, 0.6) is 0 Å². The summed E-state index contributed by atoms with van der Waals surface area (Å²) < 4.78 is 15.6. The van der Waals surface area contributed by atoms with Gasteiger partial charge in [-0.15, -0.1) is 0 Å². The van der Waals surface area contributed by atoms with Gasteiger partial charge in [-0.1, -0.05) is 12.1 Å². The number of rotatable bonds is 4. The molecular weight excluding hydrogens is 217 g/mol. The summed E-state index contributed by atoms with van der Waals surface area (Å²) in [5.74, 6) is 0.440. The summed E-state index contributed by atoms with van der Waals surface area (Å²) in [5.41, 5.74) is 1.64. The molecule has 90 valence electrons. The number of nitrogens with one attached hydrogen (secondary N) is 1. The van der Waals surface area contributed by atoms with Gasteiger partial charge in [0.1, 0.15) is 11.6 Å². The first-order valence-corrected chi connectivity index (χ1v) is 5.64. The highest BCUT2D eigenvalue weighted by Crippen LogP contribution is 2.21. The maximum Gasteiger partial charge on any atom is 0.142 e. The van der Waals surface area contributed by atoms with Gasteiger partial charge in [-0.05, 0) is 19.2 Å². The van der Waals surface area contributed by atoms with Crippen LogP contribution < -0.4 is 5.32 Å². The molecule has 0 bridgehead atoms. The quantitative estimate of drug-likeness (QED) is 0.875. The van der Waals surface area contributed by atoms with Crippen LogP contribution in [0.2, 0.25) is 0 Å². The molecule has 2 rings (SSSR count). The van der Waals surface area contributed by atoms with E-state index in [9.17, 15) is 4.39 Å². The Morgan fingerprint density at radius 2 is 2.12 bits per heavy atom. The van der Waals surface area contributed by atoms with Gasteiger partial charge in [0, 0.05) is 31.9 Å². The molecule has 0 spiro atoms. The van der Waals surface area contributed by atoms with Crippen molar-refractivity contribution in [2.75, 3.05) is 13.6 Å². The van der Waals surface area contributed by atoms with E-state index in [0.29, 0.717) is 11.4 Å². The lowest BCUT2D eigenvalue weighted by atomic mass is 10.2. The molecule has 0 radical (unpaired) electrons. The minimum absolute atomic E-state index is 0.235. The predicted molar refractivity (Wildman–Crippen MR) is 66.2 cm³/mol. The van der Waals surface area contributed by atoms with Crippen LogP contribution in [0.25, 0.3) is 11.4 Å². The zero-order valence-electron chi connectivity index (χ0n) is 10.1. The molecule has 0 aliphatic carbocycles. The second-order valence-electron chi connectivity index (χ2n) is 3.97. The maximum atomic E-state index is 13.7. The first kappa shape index (κ1) is 11.8. The average molecular weight is 233 g/mol. The van der Waals surface area contributed by atoms with Gasteiger partial charge in [0.05, 0.1) is 5.56 Å². The number of likely N-dealkylation sites (N-methyl/N-ethyl adjacent to an activating group) is 1. The third-order valence-electron chi connectivity index (χ3n) is 2.83. The molecule has 1 aromatic carbocycles. The molecule has 0 amide bonds. The summed E-state index contributed by atoms with van der Waals surface area (Å²) in [5, 5.41) is 3.09. The molecule has 0 saturated heterocycles. The highest BCUT2D eigenvalue weighted by atomic mass is 19.1. The summed E-state index contributed by atoms with van der Waals surface area (Å²) in [6, 6.07) is 6.71. The third-order valence-corrected chi connectivity index (χ3v) is 2.83. The number of hydrogen-bond donors (Lipinski definition) is 1. The average Bonchev–Trinajstić information content (AvgIpc) is 2.69. The van der Waals surface area contributed by atoms with Crippen molar-refractivity contribution in [3.63, 3.8) is 0 Å². The molecule has 1 aromatic heterocycles. The van der Waals surface area contributed by atoms with E-state index in [-0.39, 0.29) is 5.82 Å². The molecule has 0 fully saturated rings. The number of hydrogen-bond acceptors (Lipinski definition) is 2. The molecule has 2 aromatic rings. The van der Waals surface area contributed by atoms with Gasteiger partial charge in [-0.2, -0.15) is 0 Å². The van der Waals surface area contributed by atoms with E-state index in [4.69, 9.17) is 0 Å². The van der Waals surface area contributed by atoms with Crippen molar-refractivity contribution in [1.29, 1.82) is 0 Å². The van der Waals surface area contributed by atoms with Gasteiger partial charge >= 0.3 is 0 Å². The molecule has 17 heavy (non-hydrogen) atoms. The maximum absolute atomic E-state index is 13.7. The van der Waals surface area contributed by atoms with Crippen molar-refractivity contribution in [1.82, 2.24) is 14.9 Å². The smallest absolute Gasteiger partial charge is 0.142 e. The van der Waals surface area contributed by atoms with Crippen LogP contribution in [0.1, 0.15) is 5.69 Å². The molecule has 3 nitrogen and oxygen atoms in total. The topological polar surface area (TPSA) is 29.9 Å². The van der Waals surface area contributed by atoms with Crippen LogP contribution >= 0.6 is 0 Å². The van der Waals surface area contributed by atoms with E-state index in [1.54, 1.807) is 18.3 Å². The summed E-state index contributed by atoms with van der Waals surface area (Å²) in [7, 11) is 3.83. The van der Waals surface area contributed by atoms with E-state index < -0.39 is 0 Å². The fourth-order valence-electron chi connectivity index (χ4n) is 1.82. The van der Waals surface area contributed by atoms with Crippen LogP contribution in [0.3, 0.4) is 0 Å². The molecule has 0 unspecified atom stereocenters. The molecule has 0 aliphatic heterocycles. The SMILES string of the molecule is CNCCc1cnc(-c2ccccc2F)n1C. The third kappa shape index (κ3) is 2.36. The van der Waals surface area contributed by atoms with Gasteiger partial charge < -0.3 is 9.88 Å². The monoisotopic (exact) mass is 233 g/mol. The van der Waals surface area contributed by atoms with Gasteiger partial charge in [0.2, 0.25) is 0 Å². The molecule has 0 atom stereocenters. The van der Waals surface area contributed by atoms with Crippen LogP contribution in [0.4, 0.5) is 4.39 Å². The van der Waals surface area contributed by atoms with Crippen LogP contribution in [0.15, 0.2) is 30.5 Å². The van der Waals surface area contributed by atoms with Crippen molar-refractivity contribution in [2.45, 2.75) is 6.42 Å². The van der Waals surface area contributed by atoms with Crippen molar-refractivity contribution in [3.05, 3.63) is 42.0 Å². The molecule has 1 heterocycles. The van der Waals surface area contributed by atoms with Crippen LogP contribution in [0, 0.1) is 5.82 Å². The second-order valence-corrected chi connectivity index (χ2v) is 3.97. The normalized spacial score (nSPS) is 10.8. The van der Waals surface area contributed by atoms with Crippen molar-refractivity contribution < 1.29 is 4.39 Å². The lowest BCUT2D eigenvalue weighted by Crippen LogP contribution is -2.12. The summed E-state index contributed by atoms with van der Waals surface area (Å²) >= 11 is 0. The largest absolute Gasteiger partial charge is 0.331 e. The minimum atomic E-state index is -0.235. The van der Waals surface area contributed by atoms with Crippen molar-refractivity contribution >= 4 is 0 Å². The number of imidazole rings is 1. The first-order valence-electron chi connectivity index (χ1n) is 5.64. The molecule has 0 saturated carbocycles. The second kappa shape index (κ2) is 5.10. The highest BCUT2D eigenvalue weighted by Gasteiger charge is 2.11. The number of benzene rings is 1. The Morgan fingerprint density at radius 3 is 2.82 bits per heavy atom. The van der Waals surface area contributed by atoms with E-state index in [0.717, 1.165) is 18.7 Å². The van der Waals surface area contributed by atoms with E-state index >= 15 is 0 Å². The van der Waals surface area contributed by atoms with Gasteiger partial charge in [0.25, 0.3) is 0 Å². The van der Waals surface area contributed by atoms with E-state index in [1.165, 1.54) is 6.07 Å². The summed E-state index contributed by atoms with van der Waals surface area (Å²) in [6.45, 7) is 0.885. The number of nitrogens with zero attached hydrogens (tertiary/aromatic N) is 2. The highest BCUT2D eigenvalue weighted by molar-refractivity contribution is 5.56. The van der Waals surface area contributed by atoms with E-state index in [1.807, 2.05) is 24.7 Å². The predicted octanol–water partition coefficient (Wildman–Crippen LogP) is 1.99. The summed E-state index contributed by atoms with van der Waals surface area (Å²) in [6.07, 6.45) is 2.69. The molecule has 0 aliphatic rings. The van der Waals surface area contributed by atoms with Gasteiger partial charge in [-0.25, -0.2) is 9.37 Å². The Morgan fingerprint density at radius 1 is 1.35 bits per heavy atom. The lowest BCUT2D eigenvalue weighted by Gasteiger charge is -2.06. The summed E-state index contributed by atoms with van der Waals surface area (Å²) in [4.78, 5) is 4.29. The number of halogens is 1. The van der Waals surface area contributed by atoms with Gasteiger partial charge in [0.15, 0.2) is 0 Å². The number of aromatic nitrogens is 2. The van der Waals surface area contributed by atoms with Crippen LogP contribution in [-0.4, -0.2) is 23.1 Å². The standard InChI is InChI=1S/C13H16FN3/c1-15-8-7-10-9-16-13(17(10)2)11-5-3-4-6-12(11)14/h3-6,9,15H,7-8H2,1-2H3. The Hall–Kier alpha value is -1.68. The van der Waals surface area contributed by atoms with E-state index in [2.05, 4.69) is 10.3 Å². The van der Waals surface area contributed by atoms with Gasteiger partial charge in [-0.3, -0.25) is 0 Å². The molecular formula is C13H16FN3. The Labute approximate surface area is 100 Å². The van der Waals surface area contributed by atoms with Crippen molar-refractivity contribution in [2.24, 2.45) is 7.05 Å². The first-order chi connectivity index (χ1) is 8.24. The Bertz CT molecular complexity index is 505. The zero-order valence-corrected chi connectivity index (χ0v) is 10.1. The van der Waals surface area contributed by atoms with Crippen LogP contribution in [-0.2, 0) is 13.5 Å². The molecule has 4 heteroatoms. The fourth-order valence-corrected chi connectivity index (χ4v) is 1.82. The Kier molecular flexibility index (Phi) is 3.54. The Balaban J connectivity index is 2.34. The minimum Gasteiger partial charge on any atom is -0.331 e. The fraction of sp³-hybridized carbons (Fsp3) is 0.308. The molecule has 1 N–H and O–H groups in total. The van der Waals surface area contributed by atoms with Crippen molar-refractivity contribution in [3.8, 4) is 11.4 Å². The zero-order chi connectivity index (χ0) is 12.3.